The lowest BCUT2D eigenvalue weighted by atomic mass is 10.2. The molecule has 0 saturated carbocycles. The monoisotopic (exact) mass is 287 g/mol. The molecular formula is C12H14FNO6. The van der Waals surface area contributed by atoms with Crippen molar-refractivity contribution in [1.29, 1.82) is 0 Å². The summed E-state index contributed by atoms with van der Waals surface area (Å²) in [4.78, 5) is 20.5. The zero-order valence-electron chi connectivity index (χ0n) is 10.7. The van der Waals surface area contributed by atoms with Crippen molar-refractivity contribution in [3.05, 3.63) is 34.1 Å². The van der Waals surface area contributed by atoms with Crippen LogP contribution in [0.4, 0.5) is 10.1 Å². The third-order valence-corrected chi connectivity index (χ3v) is 2.41. The second-order valence-corrected chi connectivity index (χ2v) is 3.79. The number of nitrogens with zero attached hydrogens (tertiary/aromatic N) is 1. The largest absolute Gasteiger partial charge is 0.490 e. The fourth-order valence-corrected chi connectivity index (χ4v) is 1.48. The maximum atomic E-state index is 13.5. The Morgan fingerprint density at radius 2 is 2.25 bits per heavy atom. The predicted molar refractivity (Wildman–Crippen MR) is 66.2 cm³/mol. The van der Waals surface area contributed by atoms with Crippen LogP contribution in [0.25, 0.3) is 0 Å². The summed E-state index contributed by atoms with van der Waals surface area (Å²) >= 11 is 0. The minimum Gasteiger partial charge on any atom is -0.490 e. The summed E-state index contributed by atoms with van der Waals surface area (Å²) in [7, 11) is 0. The number of nitro benzene ring substituents is 1. The number of hydrogen-bond donors (Lipinski definition) is 1. The Kier molecular flexibility index (Phi) is 5.85. The van der Waals surface area contributed by atoms with Crippen molar-refractivity contribution in [1.82, 2.24) is 0 Å². The summed E-state index contributed by atoms with van der Waals surface area (Å²) in [5.74, 6) is -2.17. The molecule has 0 radical (unpaired) electrons. The maximum Gasteiger partial charge on any atom is 0.332 e. The number of rotatable bonds is 8. The molecule has 1 atom stereocenters. The molecule has 0 aromatic heterocycles. The van der Waals surface area contributed by atoms with Crippen molar-refractivity contribution in [3.63, 3.8) is 0 Å². The molecule has 0 aliphatic rings. The van der Waals surface area contributed by atoms with Crippen molar-refractivity contribution < 1.29 is 28.7 Å². The molecule has 1 unspecified atom stereocenters. The fraction of sp³-hybridized carbons (Fsp3) is 0.417. The number of nitro groups is 1. The van der Waals surface area contributed by atoms with Crippen LogP contribution in [0.15, 0.2) is 18.2 Å². The van der Waals surface area contributed by atoms with Gasteiger partial charge in [0.2, 0.25) is 0 Å². The SMILES string of the molecule is CCOC(CCOc1ccc([N+](=O)[O-])cc1F)C(=O)O. The van der Waals surface area contributed by atoms with E-state index in [1.165, 1.54) is 0 Å². The first-order valence-electron chi connectivity index (χ1n) is 5.86. The van der Waals surface area contributed by atoms with Crippen LogP contribution in [-0.4, -0.2) is 35.3 Å². The topological polar surface area (TPSA) is 98.9 Å². The van der Waals surface area contributed by atoms with E-state index >= 15 is 0 Å². The molecule has 0 amide bonds. The Bertz CT molecular complexity index is 493. The van der Waals surface area contributed by atoms with E-state index in [0.29, 0.717) is 0 Å². The van der Waals surface area contributed by atoms with E-state index in [1.807, 2.05) is 0 Å². The molecule has 0 bridgehead atoms. The van der Waals surface area contributed by atoms with Crippen LogP contribution in [0.5, 0.6) is 5.75 Å². The van der Waals surface area contributed by atoms with E-state index in [9.17, 15) is 19.3 Å². The van der Waals surface area contributed by atoms with Crippen LogP contribution in [0.2, 0.25) is 0 Å². The molecular weight excluding hydrogens is 273 g/mol. The van der Waals surface area contributed by atoms with Crippen molar-refractivity contribution in [3.8, 4) is 5.75 Å². The zero-order valence-corrected chi connectivity index (χ0v) is 10.7. The summed E-state index contributed by atoms with van der Waals surface area (Å²) in [5, 5.41) is 19.3. The van der Waals surface area contributed by atoms with E-state index in [1.54, 1.807) is 6.92 Å². The summed E-state index contributed by atoms with van der Waals surface area (Å²) < 4.78 is 23.5. The number of halogens is 1. The molecule has 0 fully saturated rings. The van der Waals surface area contributed by atoms with E-state index in [-0.39, 0.29) is 31.1 Å². The second kappa shape index (κ2) is 7.39. The molecule has 0 aliphatic carbocycles. The molecule has 0 spiro atoms. The van der Waals surface area contributed by atoms with Gasteiger partial charge in [-0.05, 0) is 13.0 Å². The first-order chi connectivity index (χ1) is 9.45. The molecule has 1 N–H and O–H groups in total. The highest BCUT2D eigenvalue weighted by Crippen LogP contribution is 2.22. The van der Waals surface area contributed by atoms with E-state index in [2.05, 4.69) is 0 Å². The van der Waals surface area contributed by atoms with Gasteiger partial charge in [-0.15, -0.1) is 0 Å². The third-order valence-electron chi connectivity index (χ3n) is 2.41. The number of aliphatic carboxylic acids is 1. The summed E-state index contributed by atoms with van der Waals surface area (Å²) in [6.07, 6.45) is -0.985. The van der Waals surface area contributed by atoms with Crippen molar-refractivity contribution in [2.45, 2.75) is 19.4 Å². The molecule has 110 valence electrons. The smallest absolute Gasteiger partial charge is 0.332 e. The molecule has 1 aromatic carbocycles. The van der Waals surface area contributed by atoms with Gasteiger partial charge in [0.05, 0.1) is 17.6 Å². The minimum absolute atomic E-state index is 0.0413. The Morgan fingerprint density at radius 3 is 2.75 bits per heavy atom. The molecule has 0 aliphatic heterocycles. The third kappa shape index (κ3) is 4.47. The van der Waals surface area contributed by atoms with Crippen LogP contribution in [0.1, 0.15) is 13.3 Å². The summed E-state index contributed by atoms with van der Waals surface area (Å²) in [6.45, 7) is 1.82. The van der Waals surface area contributed by atoms with Crippen molar-refractivity contribution >= 4 is 11.7 Å². The fourth-order valence-electron chi connectivity index (χ4n) is 1.48. The maximum absolute atomic E-state index is 13.5. The number of carbonyl (C=O) groups is 1. The normalized spacial score (nSPS) is 11.9. The number of non-ortho nitro benzene ring substituents is 1. The summed E-state index contributed by atoms with van der Waals surface area (Å²) in [6, 6.07) is 2.98. The average molecular weight is 287 g/mol. The standard InChI is InChI=1S/C12H14FNO6/c1-2-19-11(12(15)16)5-6-20-10-4-3-8(14(17)18)7-9(10)13/h3-4,7,11H,2,5-6H2,1H3,(H,15,16). The van der Waals surface area contributed by atoms with Gasteiger partial charge in [-0.2, -0.15) is 0 Å². The van der Waals surface area contributed by atoms with Crippen molar-refractivity contribution in [2.75, 3.05) is 13.2 Å². The van der Waals surface area contributed by atoms with Gasteiger partial charge in [-0.1, -0.05) is 0 Å². The summed E-state index contributed by atoms with van der Waals surface area (Å²) in [5.41, 5.74) is -0.382. The first-order valence-corrected chi connectivity index (χ1v) is 5.86. The van der Waals surface area contributed by atoms with Gasteiger partial charge in [0.1, 0.15) is 0 Å². The molecule has 7 nitrogen and oxygen atoms in total. The number of hydrogen-bond acceptors (Lipinski definition) is 5. The first kappa shape index (κ1) is 15.8. The van der Waals surface area contributed by atoms with Gasteiger partial charge >= 0.3 is 5.97 Å². The van der Waals surface area contributed by atoms with Crippen LogP contribution < -0.4 is 4.74 Å². The van der Waals surface area contributed by atoms with E-state index in [0.717, 1.165) is 18.2 Å². The Morgan fingerprint density at radius 1 is 1.55 bits per heavy atom. The number of carboxylic acids is 1. The molecule has 1 rings (SSSR count). The zero-order chi connectivity index (χ0) is 15.1. The van der Waals surface area contributed by atoms with Gasteiger partial charge in [0.25, 0.3) is 5.69 Å². The molecule has 8 heteroatoms. The highest BCUT2D eigenvalue weighted by atomic mass is 19.1. The van der Waals surface area contributed by atoms with Crippen molar-refractivity contribution in [2.24, 2.45) is 0 Å². The van der Waals surface area contributed by atoms with Crippen LogP contribution >= 0.6 is 0 Å². The molecule has 0 saturated heterocycles. The Labute approximate surface area is 114 Å². The van der Waals surface area contributed by atoms with Crippen LogP contribution in [0.3, 0.4) is 0 Å². The van der Waals surface area contributed by atoms with Gasteiger partial charge < -0.3 is 14.6 Å². The quantitative estimate of drug-likeness (QED) is 0.580. The minimum atomic E-state index is -1.13. The lowest BCUT2D eigenvalue weighted by Gasteiger charge is -2.13. The van der Waals surface area contributed by atoms with E-state index < -0.39 is 22.8 Å². The number of carboxylic acid groups (broad SMARTS) is 1. The van der Waals surface area contributed by atoms with Gasteiger partial charge in [-0.25, -0.2) is 9.18 Å². The van der Waals surface area contributed by atoms with Crippen LogP contribution in [-0.2, 0) is 9.53 Å². The molecule has 1 aromatic rings. The second-order valence-electron chi connectivity index (χ2n) is 3.79. The lowest BCUT2D eigenvalue weighted by Crippen LogP contribution is -2.26. The Hall–Kier alpha value is -2.22. The number of ether oxygens (including phenoxy) is 2. The van der Waals surface area contributed by atoms with Gasteiger partial charge in [0.15, 0.2) is 17.7 Å². The predicted octanol–water partition coefficient (Wildman–Crippen LogP) is 1.99. The highest BCUT2D eigenvalue weighted by molar-refractivity contribution is 5.72. The molecule has 0 heterocycles. The number of benzene rings is 1. The van der Waals surface area contributed by atoms with Gasteiger partial charge in [0, 0.05) is 19.1 Å². The average Bonchev–Trinajstić information content (AvgIpc) is 2.39. The van der Waals surface area contributed by atoms with Gasteiger partial charge in [-0.3, -0.25) is 10.1 Å². The van der Waals surface area contributed by atoms with Crippen LogP contribution in [0, 0.1) is 15.9 Å². The van der Waals surface area contributed by atoms with E-state index in [4.69, 9.17) is 14.6 Å². The molecule has 20 heavy (non-hydrogen) atoms. The lowest BCUT2D eigenvalue weighted by molar-refractivity contribution is -0.385. The highest BCUT2D eigenvalue weighted by Gasteiger charge is 2.18. The Balaban J connectivity index is 2.57.